The lowest BCUT2D eigenvalue weighted by Crippen LogP contribution is -2.36. The van der Waals surface area contributed by atoms with E-state index in [1.807, 2.05) is 0 Å². The number of esters is 1. The van der Waals surface area contributed by atoms with E-state index < -0.39 is 40.3 Å². The summed E-state index contributed by atoms with van der Waals surface area (Å²) in [5.74, 6) is -5.01. The second-order valence-electron chi connectivity index (χ2n) is 5.27. The molecule has 0 unspecified atom stereocenters. The highest BCUT2D eigenvalue weighted by Gasteiger charge is 2.43. The van der Waals surface area contributed by atoms with Gasteiger partial charge in [-0.15, -0.1) is 0 Å². The second-order valence-corrected chi connectivity index (χ2v) is 5.27. The number of halogens is 3. The van der Waals surface area contributed by atoms with Crippen molar-refractivity contribution in [3.05, 3.63) is 35.1 Å². The fourth-order valence-corrected chi connectivity index (χ4v) is 2.45. The van der Waals surface area contributed by atoms with Crippen LogP contribution in [-0.4, -0.2) is 37.0 Å². The Labute approximate surface area is 119 Å². The van der Waals surface area contributed by atoms with Gasteiger partial charge in [-0.2, -0.15) is 0 Å². The van der Waals surface area contributed by atoms with Crippen LogP contribution in [0.1, 0.15) is 23.7 Å². The summed E-state index contributed by atoms with van der Waals surface area (Å²) in [6, 6.07) is 0.901. The Bertz CT molecular complexity index is 582. The normalized spacial score (nSPS) is 21.5. The number of nitrogens with zero attached hydrogens (tertiary/aromatic N) is 1. The van der Waals surface area contributed by atoms with E-state index in [1.54, 1.807) is 6.92 Å². The SMILES string of the molecule is COC(=O)[C@]1(C)CCN(C(=O)c2c(F)cc(F)cc2F)C1. The van der Waals surface area contributed by atoms with Gasteiger partial charge >= 0.3 is 5.97 Å². The van der Waals surface area contributed by atoms with Crippen molar-refractivity contribution >= 4 is 11.9 Å². The van der Waals surface area contributed by atoms with Gasteiger partial charge in [-0.3, -0.25) is 9.59 Å². The molecule has 0 aromatic heterocycles. The third kappa shape index (κ3) is 2.72. The van der Waals surface area contributed by atoms with Crippen LogP contribution in [0.5, 0.6) is 0 Å². The minimum Gasteiger partial charge on any atom is -0.469 e. The molecule has 4 nitrogen and oxygen atoms in total. The Balaban J connectivity index is 2.25. The third-order valence-corrected chi connectivity index (χ3v) is 3.66. The Morgan fingerprint density at radius 2 is 1.81 bits per heavy atom. The van der Waals surface area contributed by atoms with E-state index in [2.05, 4.69) is 4.74 Å². The van der Waals surface area contributed by atoms with E-state index in [1.165, 1.54) is 7.11 Å². The molecule has 1 fully saturated rings. The average molecular weight is 301 g/mol. The molecule has 0 spiro atoms. The van der Waals surface area contributed by atoms with Crippen LogP contribution in [0.3, 0.4) is 0 Å². The van der Waals surface area contributed by atoms with Gasteiger partial charge in [0.2, 0.25) is 0 Å². The van der Waals surface area contributed by atoms with Crippen molar-refractivity contribution in [2.75, 3.05) is 20.2 Å². The fraction of sp³-hybridized carbons (Fsp3) is 0.429. The second kappa shape index (κ2) is 5.38. The van der Waals surface area contributed by atoms with Crippen LogP contribution in [0.4, 0.5) is 13.2 Å². The molecule has 1 aliphatic heterocycles. The lowest BCUT2D eigenvalue weighted by Gasteiger charge is -2.22. The molecule has 1 amide bonds. The van der Waals surface area contributed by atoms with E-state index in [-0.39, 0.29) is 13.1 Å². The van der Waals surface area contributed by atoms with Crippen molar-refractivity contribution in [2.24, 2.45) is 5.41 Å². The Morgan fingerprint density at radius 1 is 1.24 bits per heavy atom. The van der Waals surface area contributed by atoms with Gasteiger partial charge in [0, 0.05) is 25.2 Å². The quantitative estimate of drug-likeness (QED) is 0.786. The highest BCUT2D eigenvalue weighted by Crippen LogP contribution is 2.32. The highest BCUT2D eigenvalue weighted by atomic mass is 19.1. The molecule has 1 aromatic rings. The highest BCUT2D eigenvalue weighted by molar-refractivity contribution is 5.95. The lowest BCUT2D eigenvalue weighted by atomic mass is 9.90. The number of amides is 1. The van der Waals surface area contributed by atoms with Crippen LogP contribution >= 0.6 is 0 Å². The largest absolute Gasteiger partial charge is 0.469 e. The summed E-state index contributed by atoms with van der Waals surface area (Å²) in [6.45, 7) is 1.78. The molecule has 1 heterocycles. The summed E-state index contributed by atoms with van der Waals surface area (Å²) >= 11 is 0. The maximum atomic E-state index is 13.6. The lowest BCUT2D eigenvalue weighted by molar-refractivity contribution is -0.150. The van der Waals surface area contributed by atoms with Gasteiger partial charge in [-0.1, -0.05) is 0 Å². The van der Waals surface area contributed by atoms with Crippen molar-refractivity contribution in [1.29, 1.82) is 0 Å². The predicted octanol–water partition coefficient (Wildman–Crippen LogP) is 2.13. The van der Waals surface area contributed by atoms with Gasteiger partial charge in [0.05, 0.1) is 12.5 Å². The predicted molar refractivity (Wildman–Crippen MR) is 67.0 cm³/mol. The number of methoxy groups -OCH3 is 1. The molecule has 0 saturated carbocycles. The molecule has 1 atom stereocenters. The third-order valence-electron chi connectivity index (χ3n) is 3.66. The molecule has 1 aromatic carbocycles. The average Bonchev–Trinajstić information content (AvgIpc) is 2.80. The van der Waals surface area contributed by atoms with Crippen molar-refractivity contribution in [2.45, 2.75) is 13.3 Å². The number of rotatable bonds is 2. The van der Waals surface area contributed by atoms with E-state index in [4.69, 9.17) is 0 Å². The van der Waals surface area contributed by atoms with Crippen LogP contribution in [-0.2, 0) is 9.53 Å². The van der Waals surface area contributed by atoms with E-state index in [9.17, 15) is 22.8 Å². The van der Waals surface area contributed by atoms with Crippen LogP contribution in [0.15, 0.2) is 12.1 Å². The molecule has 2 rings (SSSR count). The van der Waals surface area contributed by atoms with Crippen LogP contribution in [0, 0.1) is 22.9 Å². The summed E-state index contributed by atoms with van der Waals surface area (Å²) in [5.41, 5.74) is -1.72. The molecule has 0 radical (unpaired) electrons. The molecule has 1 aliphatic rings. The van der Waals surface area contributed by atoms with E-state index in [0.717, 1.165) is 4.90 Å². The van der Waals surface area contributed by atoms with E-state index >= 15 is 0 Å². The first-order valence-corrected chi connectivity index (χ1v) is 6.31. The first-order valence-electron chi connectivity index (χ1n) is 6.31. The summed E-state index contributed by atoms with van der Waals surface area (Å²) in [4.78, 5) is 25.0. The van der Waals surface area contributed by atoms with Crippen molar-refractivity contribution in [1.82, 2.24) is 4.90 Å². The molecule has 21 heavy (non-hydrogen) atoms. The molecular formula is C14H14F3NO3. The van der Waals surface area contributed by atoms with Gasteiger partial charge < -0.3 is 9.64 Å². The van der Waals surface area contributed by atoms with Crippen LogP contribution < -0.4 is 0 Å². The standard InChI is InChI=1S/C14H14F3NO3/c1-14(13(20)21-2)3-4-18(7-14)12(19)11-9(16)5-8(15)6-10(11)17/h5-6H,3-4,7H2,1-2H3/t14-/m1/s1. The molecule has 114 valence electrons. The molecule has 1 saturated heterocycles. The van der Waals surface area contributed by atoms with Gasteiger partial charge in [0.1, 0.15) is 23.0 Å². The summed E-state index contributed by atoms with van der Waals surface area (Å²) in [6.07, 6.45) is 0.329. The Morgan fingerprint density at radius 3 is 2.33 bits per heavy atom. The first-order chi connectivity index (χ1) is 9.78. The topological polar surface area (TPSA) is 46.6 Å². The van der Waals surface area contributed by atoms with Crippen LogP contribution in [0.25, 0.3) is 0 Å². The fourth-order valence-electron chi connectivity index (χ4n) is 2.45. The van der Waals surface area contributed by atoms with Gasteiger partial charge in [0.25, 0.3) is 5.91 Å². The molecule has 0 bridgehead atoms. The van der Waals surface area contributed by atoms with E-state index in [0.29, 0.717) is 18.6 Å². The van der Waals surface area contributed by atoms with Crippen LogP contribution in [0.2, 0.25) is 0 Å². The minimum atomic E-state index is -1.26. The summed E-state index contributed by atoms with van der Waals surface area (Å²) < 4.78 is 44.7. The summed E-state index contributed by atoms with van der Waals surface area (Å²) in [7, 11) is 1.23. The monoisotopic (exact) mass is 301 g/mol. The zero-order chi connectivity index (χ0) is 15.8. The molecule has 0 N–H and O–H groups in total. The Kier molecular flexibility index (Phi) is 3.93. The molecule has 0 aliphatic carbocycles. The minimum absolute atomic E-state index is 0.00520. The zero-order valence-corrected chi connectivity index (χ0v) is 11.6. The number of carbonyl (C=O) groups excluding carboxylic acids is 2. The number of carbonyl (C=O) groups is 2. The maximum absolute atomic E-state index is 13.6. The van der Waals surface area contributed by atoms with Gasteiger partial charge in [-0.05, 0) is 13.3 Å². The zero-order valence-electron chi connectivity index (χ0n) is 11.6. The molecular weight excluding hydrogens is 287 g/mol. The van der Waals surface area contributed by atoms with Crippen molar-refractivity contribution in [3.8, 4) is 0 Å². The van der Waals surface area contributed by atoms with Gasteiger partial charge in [-0.25, -0.2) is 13.2 Å². The van der Waals surface area contributed by atoms with Gasteiger partial charge in [0.15, 0.2) is 0 Å². The Hall–Kier alpha value is -2.05. The number of likely N-dealkylation sites (tertiary alicyclic amines) is 1. The number of ether oxygens (including phenoxy) is 1. The van der Waals surface area contributed by atoms with Crippen molar-refractivity contribution in [3.63, 3.8) is 0 Å². The number of benzene rings is 1. The molecule has 7 heteroatoms. The first kappa shape index (κ1) is 15.3. The smallest absolute Gasteiger partial charge is 0.313 e. The van der Waals surface area contributed by atoms with Crippen molar-refractivity contribution < 1.29 is 27.5 Å². The number of hydrogen-bond donors (Lipinski definition) is 0. The summed E-state index contributed by atoms with van der Waals surface area (Å²) in [5, 5.41) is 0. The number of hydrogen-bond acceptors (Lipinski definition) is 3. The maximum Gasteiger partial charge on any atom is 0.313 e.